The van der Waals surface area contributed by atoms with Crippen LogP contribution in [-0.4, -0.2) is 31.8 Å². The van der Waals surface area contributed by atoms with Gasteiger partial charge < -0.3 is 0 Å². The molecule has 0 spiro atoms. The zero-order valence-electron chi connectivity index (χ0n) is 11.2. The molecule has 2 aromatic heterocycles. The highest BCUT2D eigenvalue weighted by Gasteiger charge is 2.29. The van der Waals surface area contributed by atoms with E-state index in [2.05, 4.69) is 20.6 Å². The molecule has 1 fully saturated rings. The molecule has 108 valence electrons. The fourth-order valence-corrected chi connectivity index (χ4v) is 2.28. The number of hydrogen-bond donors (Lipinski definition) is 1. The first-order chi connectivity index (χ1) is 10.0. The molecule has 3 rings (SSSR count). The Morgan fingerprint density at radius 1 is 1.43 bits per heavy atom. The molecule has 0 saturated carbocycles. The van der Waals surface area contributed by atoms with E-state index < -0.39 is 17.9 Å². The lowest BCUT2D eigenvalue weighted by Gasteiger charge is -2.20. The van der Waals surface area contributed by atoms with Gasteiger partial charge in [0.2, 0.25) is 11.9 Å². The Bertz CT molecular complexity index is 727. The van der Waals surface area contributed by atoms with Crippen molar-refractivity contribution in [3.8, 4) is 11.3 Å². The number of aryl methyl sites for hydroxylation is 1. The molecule has 1 aliphatic rings. The van der Waals surface area contributed by atoms with Crippen LogP contribution in [0.5, 0.6) is 0 Å². The van der Waals surface area contributed by atoms with Crippen LogP contribution in [0.25, 0.3) is 11.3 Å². The molecule has 1 atom stereocenters. The van der Waals surface area contributed by atoms with Crippen LogP contribution in [0.4, 0.5) is 4.39 Å². The number of amides is 2. The van der Waals surface area contributed by atoms with Crippen LogP contribution in [0.2, 0.25) is 0 Å². The first-order valence-corrected chi connectivity index (χ1v) is 6.42. The predicted octanol–water partition coefficient (Wildman–Crippen LogP) is 0.765. The molecule has 1 N–H and O–H groups in total. The summed E-state index contributed by atoms with van der Waals surface area (Å²) in [6.07, 6.45) is 3.63. The highest BCUT2D eigenvalue weighted by Crippen LogP contribution is 2.23. The van der Waals surface area contributed by atoms with E-state index in [0.717, 1.165) is 0 Å². The van der Waals surface area contributed by atoms with E-state index in [1.54, 1.807) is 13.1 Å². The minimum Gasteiger partial charge on any atom is -0.295 e. The van der Waals surface area contributed by atoms with E-state index in [9.17, 15) is 14.0 Å². The van der Waals surface area contributed by atoms with Gasteiger partial charge in [-0.3, -0.25) is 14.9 Å². The highest BCUT2D eigenvalue weighted by atomic mass is 19.1. The highest BCUT2D eigenvalue weighted by molar-refractivity contribution is 5.99. The molecular weight excluding hydrogens is 277 g/mol. The molecule has 1 aliphatic heterocycles. The molecule has 7 nitrogen and oxygen atoms in total. The fourth-order valence-electron chi connectivity index (χ4n) is 2.28. The molecule has 21 heavy (non-hydrogen) atoms. The third-order valence-electron chi connectivity index (χ3n) is 3.39. The Labute approximate surface area is 119 Å². The van der Waals surface area contributed by atoms with Crippen LogP contribution < -0.4 is 5.32 Å². The first-order valence-electron chi connectivity index (χ1n) is 6.42. The lowest BCUT2D eigenvalue weighted by molar-refractivity contribution is -0.136. The van der Waals surface area contributed by atoms with Gasteiger partial charge in [0.15, 0.2) is 0 Å². The summed E-state index contributed by atoms with van der Waals surface area (Å²) >= 11 is 0. The summed E-state index contributed by atoms with van der Waals surface area (Å²) in [5, 5.41) is 10.2. The zero-order chi connectivity index (χ0) is 15.0. The van der Waals surface area contributed by atoms with Gasteiger partial charge in [0.1, 0.15) is 11.7 Å². The molecule has 8 heteroatoms. The van der Waals surface area contributed by atoms with Crippen LogP contribution >= 0.6 is 0 Å². The van der Waals surface area contributed by atoms with E-state index >= 15 is 0 Å². The number of carbonyl (C=O) groups is 2. The summed E-state index contributed by atoms with van der Waals surface area (Å²) in [6.45, 7) is 1.74. The van der Waals surface area contributed by atoms with E-state index in [1.807, 2.05) is 0 Å². The molecule has 1 unspecified atom stereocenters. The number of piperidine rings is 1. The van der Waals surface area contributed by atoms with Crippen molar-refractivity contribution in [3.63, 3.8) is 0 Å². The quantitative estimate of drug-likeness (QED) is 0.651. The molecular formula is C13H12FN5O2. The minimum atomic E-state index is -0.561. The van der Waals surface area contributed by atoms with Crippen molar-refractivity contribution >= 4 is 11.8 Å². The second kappa shape index (κ2) is 5.04. The molecule has 2 aromatic rings. The van der Waals surface area contributed by atoms with E-state index in [-0.39, 0.29) is 12.3 Å². The Morgan fingerprint density at radius 3 is 2.95 bits per heavy atom. The van der Waals surface area contributed by atoms with Crippen molar-refractivity contribution in [1.29, 1.82) is 0 Å². The Morgan fingerprint density at radius 2 is 2.24 bits per heavy atom. The second-order valence-electron chi connectivity index (χ2n) is 4.87. The van der Waals surface area contributed by atoms with Crippen molar-refractivity contribution in [1.82, 2.24) is 25.3 Å². The van der Waals surface area contributed by atoms with Crippen LogP contribution in [0.3, 0.4) is 0 Å². The van der Waals surface area contributed by atoms with Crippen molar-refractivity contribution in [2.45, 2.75) is 25.8 Å². The molecule has 0 aromatic carbocycles. The summed E-state index contributed by atoms with van der Waals surface area (Å²) in [7, 11) is 0. The number of imide groups is 1. The van der Waals surface area contributed by atoms with Gasteiger partial charge in [-0.2, -0.15) is 4.39 Å². The number of halogens is 1. The van der Waals surface area contributed by atoms with Gasteiger partial charge >= 0.3 is 0 Å². The minimum absolute atomic E-state index is 0.267. The number of aromatic nitrogens is 4. The van der Waals surface area contributed by atoms with Gasteiger partial charge in [0.25, 0.3) is 5.91 Å². The Balaban J connectivity index is 1.89. The Kier molecular flexibility index (Phi) is 3.20. The standard InChI is InChI=1S/C13H12FN5O2/c1-7-4-11(14)15-5-8(7)9-6-19(18-17-9)10-2-3-12(20)16-13(10)21/h4-6,10H,2-3H2,1H3,(H,16,20,21). The third-order valence-corrected chi connectivity index (χ3v) is 3.39. The summed E-state index contributed by atoms with van der Waals surface area (Å²) in [5.74, 6) is -1.24. The first kappa shape index (κ1) is 13.3. The number of rotatable bonds is 2. The summed E-state index contributed by atoms with van der Waals surface area (Å²) < 4.78 is 14.4. The average molecular weight is 289 g/mol. The van der Waals surface area contributed by atoms with Crippen LogP contribution in [-0.2, 0) is 9.59 Å². The van der Waals surface area contributed by atoms with Crippen molar-refractivity contribution < 1.29 is 14.0 Å². The fraction of sp³-hybridized carbons (Fsp3) is 0.308. The molecule has 0 aliphatic carbocycles. The van der Waals surface area contributed by atoms with Crippen LogP contribution in [0.1, 0.15) is 24.4 Å². The maximum atomic E-state index is 13.0. The zero-order valence-corrected chi connectivity index (χ0v) is 11.2. The summed E-state index contributed by atoms with van der Waals surface area (Å²) in [6, 6.07) is 0.748. The van der Waals surface area contributed by atoms with Crippen LogP contribution in [0.15, 0.2) is 18.5 Å². The molecule has 0 radical (unpaired) electrons. The van der Waals surface area contributed by atoms with Crippen LogP contribution in [0, 0.1) is 12.9 Å². The van der Waals surface area contributed by atoms with Gasteiger partial charge in [-0.25, -0.2) is 9.67 Å². The summed E-state index contributed by atoms with van der Waals surface area (Å²) in [5.41, 5.74) is 1.83. The molecule has 2 amide bonds. The van der Waals surface area contributed by atoms with E-state index in [0.29, 0.717) is 23.2 Å². The van der Waals surface area contributed by atoms with E-state index in [1.165, 1.54) is 16.9 Å². The van der Waals surface area contributed by atoms with Crippen molar-refractivity contribution in [2.75, 3.05) is 0 Å². The maximum Gasteiger partial charge on any atom is 0.251 e. The van der Waals surface area contributed by atoms with Gasteiger partial charge in [-0.05, 0) is 25.0 Å². The van der Waals surface area contributed by atoms with E-state index in [4.69, 9.17) is 0 Å². The number of nitrogens with zero attached hydrogens (tertiary/aromatic N) is 4. The lowest BCUT2D eigenvalue weighted by Crippen LogP contribution is -2.41. The van der Waals surface area contributed by atoms with Gasteiger partial charge in [0, 0.05) is 18.2 Å². The monoisotopic (exact) mass is 289 g/mol. The average Bonchev–Trinajstić information content (AvgIpc) is 2.87. The lowest BCUT2D eigenvalue weighted by atomic mass is 10.1. The number of nitrogens with one attached hydrogen (secondary N) is 1. The molecule has 3 heterocycles. The predicted molar refractivity (Wildman–Crippen MR) is 69.4 cm³/mol. The topological polar surface area (TPSA) is 89.8 Å². The largest absolute Gasteiger partial charge is 0.295 e. The smallest absolute Gasteiger partial charge is 0.251 e. The number of carbonyl (C=O) groups excluding carboxylic acids is 2. The van der Waals surface area contributed by atoms with Gasteiger partial charge in [-0.1, -0.05) is 5.21 Å². The number of pyridine rings is 1. The van der Waals surface area contributed by atoms with Gasteiger partial charge in [-0.15, -0.1) is 5.10 Å². The summed E-state index contributed by atoms with van der Waals surface area (Å²) in [4.78, 5) is 26.5. The Hall–Kier alpha value is -2.64. The SMILES string of the molecule is Cc1cc(F)ncc1-c1cn(C2CCC(=O)NC2=O)nn1. The normalized spacial score (nSPS) is 18.7. The molecule has 0 bridgehead atoms. The van der Waals surface area contributed by atoms with Crippen molar-refractivity contribution in [2.24, 2.45) is 0 Å². The van der Waals surface area contributed by atoms with Crippen molar-refractivity contribution in [3.05, 3.63) is 30.0 Å². The number of hydrogen-bond acceptors (Lipinski definition) is 5. The second-order valence-corrected chi connectivity index (χ2v) is 4.87. The van der Waals surface area contributed by atoms with Gasteiger partial charge in [0.05, 0.1) is 6.20 Å². The third kappa shape index (κ3) is 2.51. The maximum absolute atomic E-state index is 13.0. The molecule has 1 saturated heterocycles.